The molecule has 3 heterocycles. The standard InChI is InChI=1S/C21H20ClFN4O5S2/c1-31-20(28)16-14(9-27-10-33-6-4-15(27)32-21(29)30)25-18(19-24-5-7-34-19)26-17(16)12-3-2-11(23)8-13(12)22/h2-3,5,7-8,15,17H,4,6,9-10H2,1H3,(H,25,26)(H,29,30)/t15?,17-/m0/s1. The second kappa shape index (κ2) is 10.7. The number of halogens is 2. The third-order valence-corrected chi connectivity index (χ3v) is 7.34. The number of thiazole rings is 1. The van der Waals surface area contributed by atoms with E-state index in [0.717, 1.165) is 11.8 Å². The molecular weight excluding hydrogens is 507 g/mol. The van der Waals surface area contributed by atoms with Crippen molar-refractivity contribution in [1.29, 1.82) is 0 Å². The number of hydrogen-bond acceptors (Lipinski definition) is 10. The molecule has 2 aliphatic heterocycles. The number of amidine groups is 1. The number of carbonyl (C=O) groups is 2. The van der Waals surface area contributed by atoms with Gasteiger partial charge in [0.2, 0.25) is 0 Å². The number of carboxylic acid groups (broad SMARTS) is 1. The van der Waals surface area contributed by atoms with Gasteiger partial charge in [0, 0.05) is 46.7 Å². The van der Waals surface area contributed by atoms with Crippen LogP contribution in [-0.2, 0) is 14.3 Å². The lowest BCUT2D eigenvalue weighted by atomic mass is 9.95. The van der Waals surface area contributed by atoms with Gasteiger partial charge in [-0.05, 0) is 17.9 Å². The summed E-state index contributed by atoms with van der Waals surface area (Å²) in [6.45, 7) is 0.148. The van der Waals surface area contributed by atoms with Gasteiger partial charge in [0.25, 0.3) is 0 Å². The van der Waals surface area contributed by atoms with E-state index in [9.17, 15) is 14.0 Å². The summed E-state index contributed by atoms with van der Waals surface area (Å²) in [6, 6.07) is 2.98. The van der Waals surface area contributed by atoms with Gasteiger partial charge in [0.05, 0.1) is 12.7 Å². The average molecular weight is 527 g/mol. The van der Waals surface area contributed by atoms with E-state index >= 15 is 0 Å². The fourth-order valence-electron chi connectivity index (χ4n) is 3.70. The Balaban J connectivity index is 1.80. The maximum Gasteiger partial charge on any atom is 0.507 e. The Bertz CT molecular complexity index is 1140. The number of nitrogens with zero attached hydrogens (tertiary/aromatic N) is 3. The summed E-state index contributed by atoms with van der Waals surface area (Å²) in [6.07, 6.45) is 0.0726. The molecule has 2 aliphatic rings. The van der Waals surface area contributed by atoms with Gasteiger partial charge in [-0.3, -0.25) is 9.89 Å². The molecule has 0 radical (unpaired) electrons. The van der Waals surface area contributed by atoms with Crippen molar-refractivity contribution >= 4 is 52.7 Å². The average Bonchev–Trinajstić information content (AvgIpc) is 3.34. The Labute approximate surface area is 207 Å². The van der Waals surface area contributed by atoms with E-state index in [1.165, 1.54) is 30.6 Å². The minimum absolute atomic E-state index is 0.107. The highest BCUT2D eigenvalue weighted by Crippen LogP contribution is 2.37. The highest BCUT2D eigenvalue weighted by atomic mass is 35.5. The number of aliphatic imine (C=N–C) groups is 1. The summed E-state index contributed by atoms with van der Waals surface area (Å²) in [5.74, 6) is 0.474. The monoisotopic (exact) mass is 526 g/mol. The molecule has 0 bridgehead atoms. The molecule has 1 unspecified atom stereocenters. The second-order valence-electron chi connectivity index (χ2n) is 7.30. The molecule has 1 fully saturated rings. The van der Waals surface area contributed by atoms with Crippen molar-refractivity contribution in [3.05, 3.63) is 62.5 Å². The van der Waals surface area contributed by atoms with Crippen molar-refractivity contribution < 1.29 is 28.6 Å². The summed E-state index contributed by atoms with van der Waals surface area (Å²) in [4.78, 5) is 35.0. The Hall–Kier alpha value is -2.67. The van der Waals surface area contributed by atoms with Gasteiger partial charge in [-0.1, -0.05) is 17.7 Å². The lowest BCUT2D eigenvalue weighted by molar-refractivity contribution is -0.136. The van der Waals surface area contributed by atoms with E-state index in [1.807, 2.05) is 4.90 Å². The Morgan fingerprint density at radius 1 is 1.41 bits per heavy atom. The minimum atomic E-state index is -1.37. The van der Waals surface area contributed by atoms with Crippen LogP contribution in [0.25, 0.3) is 0 Å². The molecule has 2 N–H and O–H groups in total. The predicted molar refractivity (Wildman–Crippen MR) is 127 cm³/mol. The van der Waals surface area contributed by atoms with Gasteiger partial charge in [-0.15, -0.1) is 23.1 Å². The normalized spacial score (nSPS) is 21.0. The Morgan fingerprint density at radius 2 is 2.24 bits per heavy atom. The summed E-state index contributed by atoms with van der Waals surface area (Å²) in [5, 5.41) is 14.8. The fourth-order valence-corrected chi connectivity index (χ4v) is 5.55. The quantitative estimate of drug-likeness (QED) is 0.541. The van der Waals surface area contributed by atoms with E-state index in [-0.39, 0.29) is 17.1 Å². The summed E-state index contributed by atoms with van der Waals surface area (Å²) < 4.78 is 23.9. The maximum atomic E-state index is 13.8. The highest BCUT2D eigenvalue weighted by Gasteiger charge is 2.36. The van der Waals surface area contributed by atoms with Crippen LogP contribution in [0.2, 0.25) is 5.02 Å². The molecule has 0 amide bonds. The van der Waals surface area contributed by atoms with E-state index in [4.69, 9.17) is 26.2 Å². The number of methoxy groups -OCH3 is 1. The maximum absolute atomic E-state index is 13.8. The number of esters is 1. The molecule has 34 heavy (non-hydrogen) atoms. The molecule has 0 aliphatic carbocycles. The number of rotatable bonds is 6. The first-order valence-electron chi connectivity index (χ1n) is 10.1. The summed E-state index contributed by atoms with van der Waals surface area (Å²) >= 11 is 9.32. The largest absolute Gasteiger partial charge is 0.507 e. The molecule has 0 saturated carbocycles. The second-order valence-corrected chi connectivity index (χ2v) is 9.68. The van der Waals surface area contributed by atoms with Crippen molar-refractivity contribution in [2.45, 2.75) is 18.7 Å². The van der Waals surface area contributed by atoms with Crippen molar-refractivity contribution in [2.24, 2.45) is 4.99 Å². The molecule has 1 aromatic heterocycles. The van der Waals surface area contributed by atoms with Gasteiger partial charge >= 0.3 is 12.1 Å². The number of carbonyl (C=O) groups excluding carboxylic acids is 1. The lowest BCUT2D eigenvalue weighted by Crippen LogP contribution is -2.46. The summed E-state index contributed by atoms with van der Waals surface area (Å²) in [7, 11) is 1.25. The SMILES string of the molecule is COC(=O)C1=C(CN2CSCCC2OC(=O)O)NC(c2nccs2)=N[C@H]1c1ccc(F)cc1Cl. The fraction of sp³-hybridized carbons (Fsp3) is 0.333. The first-order chi connectivity index (χ1) is 16.4. The number of thioether (sulfide) groups is 1. The van der Waals surface area contributed by atoms with Crippen LogP contribution < -0.4 is 5.32 Å². The third kappa shape index (κ3) is 5.35. The van der Waals surface area contributed by atoms with Crippen LogP contribution >= 0.6 is 34.7 Å². The summed E-state index contributed by atoms with van der Waals surface area (Å²) in [5.41, 5.74) is 1.04. The zero-order valence-corrected chi connectivity index (χ0v) is 20.3. The van der Waals surface area contributed by atoms with Crippen molar-refractivity contribution in [2.75, 3.05) is 25.3 Å². The van der Waals surface area contributed by atoms with E-state index in [0.29, 0.717) is 34.4 Å². The van der Waals surface area contributed by atoms with Crippen LogP contribution in [0, 0.1) is 5.82 Å². The molecular formula is C21H20ClFN4O5S2. The van der Waals surface area contributed by atoms with Crippen LogP contribution in [0.1, 0.15) is 23.0 Å². The number of hydrogen-bond donors (Lipinski definition) is 2. The third-order valence-electron chi connectivity index (χ3n) is 5.19. The Morgan fingerprint density at radius 3 is 2.91 bits per heavy atom. The van der Waals surface area contributed by atoms with Crippen molar-refractivity contribution in [3.63, 3.8) is 0 Å². The first kappa shape index (κ1) is 24.5. The molecule has 1 aromatic carbocycles. The van der Waals surface area contributed by atoms with Gasteiger partial charge in [-0.25, -0.2) is 19.0 Å². The molecule has 0 spiro atoms. The van der Waals surface area contributed by atoms with Crippen LogP contribution in [-0.4, -0.2) is 64.5 Å². The number of nitrogens with one attached hydrogen (secondary N) is 1. The van der Waals surface area contributed by atoms with Crippen molar-refractivity contribution in [1.82, 2.24) is 15.2 Å². The van der Waals surface area contributed by atoms with E-state index < -0.39 is 30.2 Å². The van der Waals surface area contributed by atoms with Crippen LogP contribution in [0.4, 0.5) is 9.18 Å². The van der Waals surface area contributed by atoms with Gasteiger partial charge in [-0.2, -0.15) is 0 Å². The van der Waals surface area contributed by atoms with Crippen LogP contribution in [0.15, 0.2) is 46.0 Å². The van der Waals surface area contributed by atoms with Gasteiger partial charge in [0.15, 0.2) is 17.1 Å². The zero-order valence-electron chi connectivity index (χ0n) is 17.9. The zero-order chi connectivity index (χ0) is 24.2. The van der Waals surface area contributed by atoms with E-state index in [2.05, 4.69) is 15.3 Å². The van der Waals surface area contributed by atoms with Crippen LogP contribution in [0.5, 0.6) is 0 Å². The van der Waals surface area contributed by atoms with E-state index in [1.54, 1.807) is 23.3 Å². The number of aromatic nitrogens is 1. The topological polar surface area (TPSA) is 113 Å². The molecule has 2 atom stereocenters. The molecule has 180 valence electrons. The minimum Gasteiger partial charge on any atom is -0.466 e. The smallest absolute Gasteiger partial charge is 0.466 e. The van der Waals surface area contributed by atoms with Crippen LogP contribution in [0.3, 0.4) is 0 Å². The highest BCUT2D eigenvalue weighted by molar-refractivity contribution is 7.99. The molecule has 13 heteroatoms. The Kier molecular flexibility index (Phi) is 7.71. The van der Waals surface area contributed by atoms with Gasteiger partial charge in [0.1, 0.15) is 11.9 Å². The molecule has 9 nitrogen and oxygen atoms in total. The predicted octanol–water partition coefficient (Wildman–Crippen LogP) is 3.87. The van der Waals surface area contributed by atoms with Crippen molar-refractivity contribution in [3.8, 4) is 0 Å². The number of ether oxygens (including phenoxy) is 2. The molecule has 1 saturated heterocycles. The molecule has 4 rings (SSSR count). The lowest BCUT2D eigenvalue weighted by Gasteiger charge is -2.36. The first-order valence-corrected chi connectivity index (χ1v) is 12.5. The number of benzene rings is 1. The molecule has 2 aromatic rings. The van der Waals surface area contributed by atoms with Gasteiger partial charge < -0.3 is 19.9 Å².